The molecule has 0 atom stereocenters. The summed E-state index contributed by atoms with van der Waals surface area (Å²) in [5.41, 5.74) is 2.99. The molecule has 13 heteroatoms. The van der Waals surface area contributed by atoms with Crippen LogP contribution in [0.2, 0.25) is 5.02 Å². The fourth-order valence-corrected chi connectivity index (χ4v) is 5.45. The molecule has 2 N–H and O–H groups in total. The van der Waals surface area contributed by atoms with E-state index in [1.54, 1.807) is 37.1 Å². The van der Waals surface area contributed by atoms with E-state index in [1.807, 2.05) is 42.3 Å². The molecule has 0 radical (unpaired) electrons. The number of nitrogens with zero attached hydrogens (tertiary/aromatic N) is 4. The molecule has 0 aliphatic carbocycles. The number of para-hydroxylation sites is 1. The molecule has 0 bridgehead atoms. The van der Waals surface area contributed by atoms with E-state index in [0.717, 1.165) is 5.56 Å². The second-order valence-corrected chi connectivity index (χ2v) is 10.6. The number of hydrogen-bond donors (Lipinski definition) is 2. The van der Waals surface area contributed by atoms with Gasteiger partial charge in [-0.15, -0.1) is 0 Å². The van der Waals surface area contributed by atoms with Crippen LogP contribution in [0.25, 0.3) is 11.3 Å². The number of carbonyl (C=O) groups is 2. The molecule has 1 aliphatic heterocycles. The first-order valence-electron chi connectivity index (χ1n) is 13.9. The monoisotopic (exact) mass is 618 g/mol. The van der Waals surface area contributed by atoms with Crippen molar-refractivity contribution in [2.45, 2.75) is 13.5 Å². The van der Waals surface area contributed by atoms with Crippen LogP contribution in [0.4, 0.5) is 17.1 Å². The van der Waals surface area contributed by atoms with E-state index in [-0.39, 0.29) is 22.3 Å². The summed E-state index contributed by atoms with van der Waals surface area (Å²) in [4.78, 5) is 41.6. The number of methoxy groups -OCH3 is 1. The minimum absolute atomic E-state index is 0.0266. The summed E-state index contributed by atoms with van der Waals surface area (Å²) in [6.07, 6.45) is 0. The van der Waals surface area contributed by atoms with Crippen molar-refractivity contribution in [1.29, 1.82) is 0 Å². The first-order chi connectivity index (χ1) is 21.2. The van der Waals surface area contributed by atoms with Crippen LogP contribution < -0.4 is 20.3 Å². The topological polar surface area (TPSA) is 143 Å². The van der Waals surface area contributed by atoms with Crippen LogP contribution in [0.5, 0.6) is 5.75 Å². The zero-order chi connectivity index (χ0) is 31.4. The minimum atomic E-state index is -0.585. The fraction of sp³-hybridized carbons (Fsp3) is 0.258. The third-order valence-corrected chi connectivity index (χ3v) is 7.76. The van der Waals surface area contributed by atoms with Crippen molar-refractivity contribution < 1.29 is 23.8 Å². The third kappa shape index (κ3) is 6.21. The molecule has 1 aliphatic rings. The number of piperazine rings is 1. The number of carbonyl (C=O) groups excluding carboxylic acids is 2. The normalized spacial score (nSPS) is 13.1. The number of amides is 2. The first kappa shape index (κ1) is 30.5. The molecule has 4 aromatic rings. The second-order valence-electron chi connectivity index (χ2n) is 10.2. The van der Waals surface area contributed by atoms with Gasteiger partial charge in [0.05, 0.1) is 22.7 Å². The van der Waals surface area contributed by atoms with Gasteiger partial charge in [-0.05, 0) is 49.9 Å². The summed E-state index contributed by atoms with van der Waals surface area (Å²) >= 11 is 6.52. The zero-order valence-corrected chi connectivity index (χ0v) is 25.2. The van der Waals surface area contributed by atoms with E-state index < -0.39 is 10.8 Å². The Bertz CT molecular complexity index is 1700. The molecule has 44 heavy (non-hydrogen) atoms. The highest BCUT2D eigenvalue weighted by atomic mass is 35.5. The van der Waals surface area contributed by atoms with Crippen LogP contribution in [0.3, 0.4) is 0 Å². The number of hydrogen-bond acceptors (Lipinski definition) is 9. The van der Waals surface area contributed by atoms with Gasteiger partial charge in [0.1, 0.15) is 28.5 Å². The maximum absolute atomic E-state index is 13.7. The van der Waals surface area contributed by atoms with Crippen molar-refractivity contribution in [3.8, 4) is 17.0 Å². The molecule has 12 nitrogen and oxygen atoms in total. The Morgan fingerprint density at radius 2 is 1.80 bits per heavy atom. The summed E-state index contributed by atoms with van der Waals surface area (Å²) in [6.45, 7) is 3.84. The SMILES string of the molecule is CNCc1ccc(C(=O)Nc2cc(N3CCN(C(=O)c4c(-c5ccccc5OC)noc4C)CC3)c(Cl)cc2[N+](=O)[O-])cc1. The largest absolute Gasteiger partial charge is 0.496 e. The van der Waals surface area contributed by atoms with Crippen LogP contribution in [-0.2, 0) is 6.54 Å². The molecule has 1 fully saturated rings. The van der Waals surface area contributed by atoms with Crippen molar-refractivity contribution >= 4 is 40.5 Å². The van der Waals surface area contributed by atoms with Crippen LogP contribution in [0, 0.1) is 17.0 Å². The van der Waals surface area contributed by atoms with Crippen LogP contribution >= 0.6 is 11.6 Å². The van der Waals surface area contributed by atoms with E-state index in [1.165, 1.54) is 12.1 Å². The summed E-state index contributed by atoms with van der Waals surface area (Å²) in [5.74, 6) is 0.255. The Morgan fingerprint density at radius 3 is 2.45 bits per heavy atom. The second kappa shape index (κ2) is 13.1. The van der Waals surface area contributed by atoms with Gasteiger partial charge in [0, 0.05) is 49.9 Å². The van der Waals surface area contributed by atoms with E-state index in [2.05, 4.69) is 15.8 Å². The lowest BCUT2D eigenvalue weighted by Crippen LogP contribution is -2.49. The number of rotatable bonds is 9. The van der Waals surface area contributed by atoms with Crippen molar-refractivity contribution in [3.05, 3.63) is 98.3 Å². The van der Waals surface area contributed by atoms with Gasteiger partial charge in [-0.3, -0.25) is 19.7 Å². The Hall–Kier alpha value is -4.94. The van der Waals surface area contributed by atoms with E-state index >= 15 is 0 Å². The summed E-state index contributed by atoms with van der Waals surface area (Å²) < 4.78 is 10.9. The van der Waals surface area contributed by atoms with Gasteiger partial charge in [0.15, 0.2) is 0 Å². The Kier molecular flexibility index (Phi) is 9.12. The average molecular weight is 619 g/mol. The van der Waals surface area contributed by atoms with Gasteiger partial charge in [0.2, 0.25) is 0 Å². The van der Waals surface area contributed by atoms with Gasteiger partial charge in [-0.25, -0.2) is 0 Å². The van der Waals surface area contributed by atoms with Crippen molar-refractivity contribution in [3.63, 3.8) is 0 Å². The number of nitrogens with one attached hydrogen (secondary N) is 2. The Balaban J connectivity index is 1.34. The van der Waals surface area contributed by atoms with E-state index in [0.29, 0.717) is 72.3 Å². The molecule has 2 heterocycles. The zero-order valence-electron chi connectivity index (χ0n) is 24.4. The van der Waals surface area contributed by atoms with E-state index in [4.69, 9.17) is 20.9 Å². The predicted octanol–water partition coefficient (Wildman–Crippen LogP) is 5.15. The molecular weight excluding hydrogens is 588 g/mol. The van der Waals surface area contributed by atoms with Crippen molar-refractivity contribution in [2.75, 3.05) is 50.6 Å². The minimum Gasteiger partial charge on any atom is -0.496 e. The van der Waals surface area contributed by atoms with Gasteiger partial charge < -0.3 is 29.7 Å². The highest BCUT2D eigenvalue weighted by Gasteiger charge is 2.31. The molecule has 5 rings (SSSR count). The smallest absolute Gasteiger partial charge is 0.294 e. The number of halogens is 1. The quantitative estimate of drug-likeness (QED) is 0.192. The highest BCUT2D eigenvalue weighted by Crippen LogP contribution is 2.38. The standard InChI is InChI=1S/C31H31ClN6O6/c1-19-28(29(35-44-19)22-6-4-5-7-27(22)43-3)31(40)37-14-12-36(13-15-37)25-17-24(26(38(41)42)16-23(25)32)34-30(39)21-10-8-20(9-11-21)18-33-2/h4-11,16-17,33H,12-15,18H2,1-3H3,(H,34,39). The van der Waals surface area contributed by atoms with Gasteiger partial charge >= 0.3 is 0 Å². The summed E-state index contributed by atoms with van der Waals surface area (Å²) in [6, 6.07) is 17.0. The van der Waals surface area contributed by atoms with Crippen molar-refractivity contribution in [2.24, 2.45) is 0 Å². The average Bonchev–Trinajstić information content (AvgIpc) is 3.42. The van der Waals surface area contributed by atoms with Crippen LogP contribution in [-0.4, -0.2) is 67.1 Å². The fourth-order valence-electron chi connectivity index (χ4n) is 5.17. The molecule has 0 unspecified atom stereocenters. The number of aryl methyl sites for hydroxylation is 1. The first-order valence-corrected chi connectivity index (χ1v) is 14.3. The molecule has 0 saturated carbocycles. The lowest BCUT2D eigenvalue weighted by atomic mass is 10.0. The third-order valence-electron chi connectivity index (χ3n) is 7.45. The molecule has 0 spiro atoms. The van der Waals surface area contributed by atoms with Crippen LogP contribution in [0.15, 0.2) is 65.2 Å². The molecule has 1 saturated heterocycles. The number of nitro benzene ring substituents is 1. The maximum atomic E-state index is 13.7. The van der Waals surface area contributed by atoms with Crippen LogP contribution in [0.1, 0.15) is 32.0 Å². The molecule has 228 valence electrons. The molecule has 1 aromatic heterocycles. The molecule has 2 amide bonds. The number of benzene rings is 3. The van der Waals surface area contributed by atoms with E-state index in [9.17, 15) is 19.7 Å². The summed E-state index contributed by atoms with van der Waals surface area (Å²) in [7, 11) is 3.38. The number of nitro groups is 1. The van der Waals surface area contributed by atoms with Gasteiger partial charge in [-0.1, -0.05) is 41.0 Å². The number of anilines is 2. The molecule has 3 aromatic carbocycles. The predicted molar refractivity (Wildman–Crippen MR) is 167 cm³/mol. The summed E-state index contributed by atoms with van der Waals surface area (Å²) in [5, 5.41) is 21.9. The number of aromatic nitrogens is 1. The van der Waals surface area contributed by atoms with Gasteiger partial charge in [-0.2, -0.15) is 0 Å². The highest BCUT2D eigenvalue weighted by molar-refractivity contribution is 6.33. The lowest BCUT2D eigenvalue weighted by molar-refractivity contribution is -0.383. The maximum Gasteiger partial charge on any atom is 0.294 e. The molecular formula is C31H31ClN6O6. The van der Waals surface area contributed by atoms with Gasteiger partial charge in [0.25, 0.3) is 17.5 Å². The number of ether oxygens (including phenoxy) is 1. The Labute approximate surface area is 258 Å². The van der Waals surface area contributed by atoms with Crippen molar-refractivity contribution in [1.82, 2.24) is 15.4 Å². The lowest BCUT2D eigenvalue weighted by Gasteiger charge is -2.36. The Morgan fingerprint density at radius 1 is 1.09 bits per heavy atom.